The Morgan fingerprint density at radius 3 is 2.55 bits per heavy atom. The number of amides is 1. The summed E-state index contributed by atoms with van der Waals surface area (Å²) in [6, 6.07) is 16.3. The average Bonchev–Trinajstić information content (AvgIpc) is 2.86. The van der Waals surface area contributed by atoms with E-state index in [9.17, 15) is 15.0 Å². The van der Waals surface area contributed by atoms with Crippen LogP contribution in [0.15, 0.2) is 67.1 Å². The van der Waals surface area contributed by atoms with Gasteiger partial charge in [-0.05, 0) is 11.6 Å². The van der Waals surface area contributed by atoms with Gasteiger partial charge in [-0.1, -0.05) is 49.4 Å². The molecule has 2 aromatic carbocycles. The van der Waals surface area contributed by atoms with Gasteiger partial charge in [0.15, 0.2) is 6.29 Å². The van der Waals surface area contributed by atoms with E-state index in [0.29, 0.717) is 23.5 Å². The summed E-state index contributed by atoms with van der Waals surface area (Å²) >= 11 is 0. The molecule has 0 aliphatic carbocycles. The van der Waals surface area contributed by atoms with Crippen LogP contribution in [-0.2, 0) is 0 Å². The second-order valence-corrected chi connectivity index (χ2v) is 7.75. The predicted molar refractivity (Wildman–Crippen MR) is 127 cm³/mol. The van der Waals surface area contributed by atoms with Crippen LogP contribution in [0.1, 0.15) is 40.6 Å². The van der Waals surface area contributed by atoms with Crippen molar-refractivity contribution in [3.05, 3.63) is 83.8 Å². The lowest BCUT2D eigenvalue weighted by molar-refractivity contribution is -0.0424. The first-order valence-electron chi connectivity index (χ1n) is 10.6. The summed E-state index contributed by atoms with van der Waals surface area (Å²) in [5, 5.41) is 25.4. The minimum atomic E-state index is -1.50. The maximum absolute atomic E-state index is 12.2. The molecule has 0 fully saturated rings. The van der Waals surface area contributed by atoms with Gasteiger partial charge in [-0.3, -0.25) is 9.78 Å². The Morgan fingerprint density at radius 2 is 1.82 bits per heavy atom. The smallest absolute Gasteiger partial charge is 0.251 e. The first kappa shape index (κ1) is 22.3. The van der Waals surface area contributed by atoms with Crippen molar-refractivity contribution in [2.24, 2.45) is 0 Å². The maximum atomic E-state index is 12.2. The fourth-order valence-corrected chi connectivity index (χ4v) is 3.73. The van der Waals surface area contributed by atoms with Crippen molar-refractivity contribution < 1.29 is 15.0 Å². The van der Waals surface area contributed by atoms with Gasteiger partial charge in [-0.2, -0.15) is 0 Å². The molecule has 4 rings (SSSR count). The zero-order chi connectivity index (χ0) is 23.4. The van der Waals surface area contributed by atoms with Crippen molar-refractivity contribution in [3.63, 3.8) is 0 Å². The Balaban J connectivity index is 1.53. The maximum Gasteiger partial charge on any atom is 0.251 e. The molecule has 0 aliphatic heterocycles. The SMILES string of the molecule is CNC(=O)c1ccnc2c([C@H](C)CNc3cc(-c4ccc(C(O)O)cc4)ncn3)cccc12. The summed E-state index contributed by atoms with van der Waals surface area (Å²) < 4.78 is 0. The fourth-order valence-electron chi connectivity index (χ4n) is 3.73. The minimum absolute atomic E-state index is 0.102. The van der Waals surface area contributed by atoms with Crippen molar-refractivity contribution in [3.8, 4) is 11.3 Å². The quantitative estimate of drug-likeness (QED) is 0.324. The average molecular weight is 444 g/mol. The number of fused-ring (bicyclic) bond motifs is 1. The highest BCUT2D eigenvalue weighted by atomic mass is 16.5. The number of pyridine rings is 1. The molecule has 1 amide bonds. The molecular formula is C25H25N5O3. The molecule has 0 saturated heterocycles. The second kappa shape index (κ2) is 9.72. The standard InChI is InChI=1S/C25H25N5O3/c1-15(18-4-3-5-19-20(24(31)26-2)10-11-27-23(18)19)13-28-22-12-21(29-14-30-22)16-6-8-17(9-7-16)25(32)33/h3-12,14-15,25,32-33H,13H2,1-2H3,(H,26,31)(H,28,29,30)/t15-/m1/s1. The molecule has 0 saturated carbocycles. The summed E-state index contributed by atoms with van der Waals surface area (Å²) in [7, 11) is 1.62. The summed E-state index contributed by atoms with van der Waals surface area (Å²) in [6.45, 7) is 2.70. The van der Waals surface area contributed by atoms with Gasteiger partial charge in [0.1, 0.15) is 12.1 Å². The van der Waals surface area contributed by atoms with Crippen LogP contribution in [0, 0.1) is 0 Å². The lowest BCUT2D eigenvalue weighted by Crippen LogP contribution is -2.18. The van der Waals surface area contributed by atoms with Crippen LogP contribution >= 0.6 is 0 Å². The number of aliphatic hydroxyl groups excluding tert-OH is 1. The van der Waals surface area contributed by atoms with Gasteiger partial charge in [0, 0.05) is 48.3 Å². The van der Waals surface area contributed by atoms with Crippen LogP contribution in [0.3, 0.4) is 0 Å². The van der Waals surface area contributed by atoms with Crippen LogP contribution in [0.25, 0.3) is 22.2 Å². The number of aliphatic hydroxyl groups is 2. The molecule has 4 N–H and O–H groups in total. The van der Waals surface area contributed by atoms with Crippen LogP contribution in [-0.4, -0.2) is 44.7 Å². The van der Waals surface area contributed by atoms with Gasteiger partial charge in [0.2, 0.25) is 0 Å². The number of carbonyl (C=O) groups is 1. The van der Waals surface area contributed by atoms with Crippen molar-refractivity contribution in [1.29, 1.82) is 0 Å². The summed E-state index contributed by atoms with van der Waals surface area (Å²) in [5.41, 5.74) is 4.44. The number of aromatic nitrogens is 3. The number of nitrogens with one attached hydrogen (secondary N) is 2. The highest BCUT2D eigenvalue weighted by Crippen LogP contribution is 2.27. The normalized spacial score (nSPS) is 12.0. The molecule has 0 radical (unpaired) electrons. The van der Waals surface area contributed by atoms with Gasteiger partial charge in [-0.15, -0.1) is 0 Å². The highest BCUT2D eigenvalue weighted by Gasteiger charge is 2.15. The molecule has 33 heavy (non-hydrogen) atoms. The number of benzene rings is 2. The van der Waals surface area contributed by atoms with Crippen molar-refractivity contribution in [2.75, 3.05) is 18.9 Å². The monoisotopic (exact) mass is 443 g/mol. The minimum Gasteiger partial charge on any atom is -0.369 e. The van der Waals surface area contributed by atoms with Gasteiger partial charge in [0.25, 0.3) is 5.91 Å². The van der Waals surface area contributed by atoms with E-state index in [-0.39, 0.29) is 11.8 Å². The van der Waals surface area contributed by atoms with Crippen LogP contribution in [0.5, 0.6) is 0 Å². The number of hydrogen-bond acceptors (Lipinski definition) is 7. The Hall–Kier alpha value is -3.88. The van der Waals surface area contributed by atoms with Crippen molar-refractivity contribution in [1.82, 2.24) is 20.3 Å². The van der Waals surface area contributed by atoms with Gasteiger partial charge >= 0.3 is 0 Å². The molecule has 2 aromatic heterocycles. The summed E-state index contributed by atoms with van der Waals surface area (Å²) in [6.07, 6.45) is 1.65. The van der Waals surface area contributed by atoms with E-state index in [1.807, 2.05) is 24.3 Å². The molecule has 4 aromatic rings. The van der Waals surface area contributed by atoms with E-state index in [2.05, 4.69) is 32.5 Å². The Bertz CT molecular complexity index is 1270. The third-order valence-electron chi connectivity index (χ3n) is 5.57. The first-order chi connectivity index (χ1) is 16.0. The molecule has 2 heterocycles. The number of para-hydroxylation sites is 1. The van der Waals surface area contributed by atoms with E-state index in [4.69, 9.17) is 0 Å². The zero-order valence-corrected chi connectivity index (χ0v) is 18.4. The second-order valence-electron chi connectivity index (χ2n) is 7.75. The Kier molecular flexibility index (Phi) is 6.58. The fraction of sp³-hybridized carbons (Fsp3) is 0.200. The molecule has 168 valence electrons. The van der Waals surface area contributed by atoms with Gasteiger partial charge in [-0.25, -0.2) is 9.97 Å². The molecule has 0 aliphatic rings. The summed E-state index contributed by atoms with van der Waals surface area (Å²) in [4.78, 5) is 25.4. The lowest BCUT2D eigenvalue weighted by Gasteiger charge is -2.16. The molecule has 1 atom stereocenters. The topological polar surface area (TPSA) is 120 Å². The number of hydrogen-bond donors (Lipinski definition) is 4. The summed E-state index contributed by atoms with van der Waals surface area (Å²) in [5.74, 6) is 0.641. The third-order valence-corrected chi connectivity index (χ3v) is 5.57. The molecular weight excluding hydrogens is 418 g/mol. The first-order valence-corrected chi connectivity index (χ1v) is 10.6. The van der Waals surface area contributed by atoms with E-state index in [1.54, 1.807) is 43.6 Å². The Labute approximate surface area is 191 Å². The van der Waals surface area contributed by atoms with E-state index in [0.717, 1.165) is 27.7 Å². The van der Waals surface area contributed by atoms with E-state index in [1.165, 1.54) is 6.33 Å². The highest BCUT2D eigenvalue weighted by molar-refractivity contribution is 6.06. The van der Waals surface area contributed by atoms with Crippen molar-refractivity contribution in [2.45, 2.75) is 19.1 Å². The molecule has 0 unspecified atom stereocenters. The van der Waals surface area contributed by atoms with Crippen molar-refractivity contribution >= 4 is 22.6 Å². The molecule has 8 nitrogen and oxygen atoms in total. The number of rotatable bonds is 7. The van der Waals surface area contributed by atoms with Gasteiger partial charge in [0.05, 0.1) is 16.8 Å². The van der Waals surface area contributed by atoms with E-state index < -0.39 is 6.29 Å². The van der Waals surface area contributed by atoms with Crippen LogP contribution < -0.4 is 10.6 Å². The molecule has 0 bridgehead atoms. The Morgan fingerprint density at radius 1 is 1.03 bits per heavy atom. The number of nitrogens with zero attached hydrogens (tertiary/aromatic N) is 3. The van der Waals surface area contributed by atoms with Crippen LogP contribution in [0.4, 0.5) is 5.82 Å². The van der Waals surface area contributed by atoms with Crippen LogP contribution in [0.2, 0.25) is 0 Å². The number of carbonyl (C=O) groups excluding carboxylic acids is 1. The van der Waals surface area contributed by atoms with Gasteiger partial charge < -0.3 is 20.8 Å². The largest absolute Gasteiger partial charge is 0.369 e. The molecule has 0 spiro atoms. The lowest BCUT2D eigenvalue weighted by atomic mass is 9.96. The third kappa shape index (κ3) is 4.82. The number of anilines is 1. The van der Waals surface area contributed by atoms with E-state index >= 15 is 0 Å². The molecule has 8 heteroatoms. The predicted octanol–water partition coefficient (Wildman–Crippen LogP) is 3.25. The zero-order valence-electron chi connectivity index (χ0n) is 18.4.